The minimum atomic E-state index is -0.163. The molecule has 2 fully saturated rings. The number of hydrogen-bond donors (Lipinski definition) is 1. The van der Waals surface area contributed by atoms with Gasteiger partial charge in [-0.15, -0.1) is 0 Å². The highest BCUT2D eigenvalue weighted by Crippen LogP contribution is 2.46. The number of amides is 1. The Morgan fingerprint density at radius 2 is 1.93 bits per heavy atom. The zero-order chi connectivity index (χ0) is 18.9. The van der Waals surface area contributed by atoms with Crippen molar-refractivity contribution in [2.45, 2.75) is 52.5 Å². The molecule has 2 atom stereocenters. The lowest BCUT2D eigenvalue weighted by Crippen LogP contribution is -2.51. The predicted octanol–water partition coefficient (Wildman–Crippen LogP) is 3.15. The van der Waals surface area contributed by atoms with Gasteiger partial charge in [0, 0.05) is 19.6 Å². The lowest BCUT2D eigenvalue weighted by molar-refractivity contribution is -0.146. The molecule has 148 valence electrons. The highest BCUT2D eigenvalue weighted by atomic mass is 16.5. The van der Waals surface area contributed by atoms with Crippen LogP contribution in [-0.4, -0.2) is 43.7 Å². The van der Waals surface area contributed by atoms with Crippen LogP contribution in [0.4, 0.5) is 0 Å². The van der Waals surface area contributed by atoms with Gasteiger partial charge in [-0.25, -0.2) is 0 Å². The van der Waals surface area contributed by atoms with Gasteiger partial charge in [0.15, 0.2) is 11.5 Å². The van der Waals surface area contributed by atoms with Crippen LogP contribution in [0, 0.1) is 11.3 Å². The Labute approximate surface area is 162 Å². The average Bonchev–Trinajstić information content (AvgIpc) is 3.13. The van der Waals surface area contributed by atoms with Crippen LogP contribution in [0.15, 0.2) is 12.1 Å². The van der Waals surface area contributed by atoms with Crippen LogP contribution in [0.3, 0.4) is 0 Å². The normalized spacial score (nSPS) is 27.0. The first-order valence-corrected chi connectivity index (χ1v) is 10.6. The van der Waals surface area contributed by atoms with E-state index in [1.54, 1.807) is 0 Å². The number of rotatable bonds is 5. The Morgan fingerprint density at radius 1 is 1.19 bits per heavy atom. The minimum absolute atomic E-state index is 0.163. The van der Waals surface area contributed by atoms with E-state index in [1.807, 2.05) is 13.8 Å². The van der Waals surface area contributed by atoms with E-state index in [4.69, 9.17) is 9.47 Å². The first-order chi connectivity index (χ1) is 13.2. The molecule has 1 saturated carbocycles. The number of nitrogens with one attached hydrogen (secondary N) is 1. The third-order valence-electron chi connectivity index (χ3n) is 6.63. The Kier molecular flexibility index (Phi) is 5.31. The molecule has 5 heteroatoms. The van der Waals surface area contributed by atoms with Crippen molar-refractivity contribution in [3.8, 4) is 11.5 Å². The summed E-state index contributed by atoms with van der Waals surface area (Å²) in [5.41, 5.74) is 2.33. The summed E-state index contributed by atoms with van der Waals surface area (Å²) in [6, 6.07) is 4.21. The molecule has 1 amide bonds. The molecule has 1 saturated heterocycles. The van der Waals surface area contributed by atoms with E-state index >= 15 is 0 Å². The lowest BCUT2D eigenvalue weighted by atomic mass is 9.67. The molecule has 27 heavy (non-hydrogen) atoms. The average molecular weight is 373 g/mol. The maximum absolute atomic E-state index is 13.6. The molecule has 0 unspecified atom stereocenters. The number of hydrogen-bond acceptors (Lipinski definition) is 4. The summed E-state index contributed by atoms with van der Waals surface area (Å²) < 4.78 is 11.6. The summed E-state index contributed by atoms with van der Waals surface area (Å²) in [7, 11) is 0. The summed E-state index contributed by atoms with van der Waals surface area (Å²) in [4.78, 5) is 15.7. The topological polar surface area (TPSA) is 50.8 Å². The van der Waals surface area contributed by atoms with Gasteiger partial charge < -0.3 is 19.7 Å². The Hall–Kier alpha value is -1.75. The van der Waals surface area contributed by atoms with E-state index in [0.717, 1.165) is 44.0 Å². The molecular formula is C22H32N2O3. The summed E-state index contributed by atoms with van der Waals surface area (Å²) in [5, 5.41) is 3.51. The number of carbonyl (C=O) groups is 1. The van der Waals surface area contributed by atoms with Crippen molar-refractivity contribution >= 4 is 5.91 Å². The number of fused-ring (bicyclic) bond motifs is 2. The highest BCUT2D eigenvalue weighted by Gasteiger charge is 2.51. The molecule has 2 aliphatic heterocycles. The summed E-state index contributed by atoms with van der Waals surface area (Å²) in [5.74, 6) is 2.50. The minimum Gasteiger partial charge on any atom is -0.490 e. The van der Waals surface area contributed by atoms with E-state index in [1.165, 1.54) is 30.4 Å². The Morgan fingerprint density at radius 3 is 2.67 bits per heavy atom. The highest BCUT2D eigenvalue weighted by molar-refractivity contribution is 5.84. The van der Waals surface area contributed by atoms with Crippen LogP contribution in [0.5, 0.6) is 11.5 Å². The third-order valence-corrected chi connectivity index (χ3v) is 6.63. The second kappa shape index (κ2) is 7.70. The van der Waals surface area contributed by atoms with Crippen LogP contribution >= 0.6 is 0 Å². The number of benzene rings is 1. The quantitative estimate of drug-likeness (QED) is 0.863. The first kappa shape index (κ1) is 18.6. The molecule has 1 aromatic carbocycles. The monoisotopic (exact) mass is 372 g/mol. The predicted molar refractivity (Wildman–Crippen MR) is 105 cm³/mol. The first-order valence-electron chi connectivity index (χ1n) is 10.6. The van der Waals surface area contributed by atoms with Gasteiger partial charge in [0.1, 0.15) is 0 Å². The van der Waals surface area contributed by atoms with E-state index < -0.39 is 0 Å². The molecule has 0 spiro atoms. The summed E-state index contributed by atoms with van der Waals surface area (Å²) in [6.07, 6.45) is 5.57. The van der Waals surface area contributed by atoms with Crippen molar-refractivity contribution in [1.82, 2.24) is 10.2 Å². The van der Waals surface area contributed by atoms with Gasteiger partial charge in [-0.05, 0) is 68.8 Å². The van der Waals surface area contributed by atoms with Crippen molar-refractivity contribution in [3.63, 3.8) is 0 Å². The van der Waals surface area contributed by atoms with Crippen molar-refractivity contribution in [1.29, 1.82) is 0 Å². The number of nitrogens with zero attached hydrogens (tertiary/aromatic N) is 1. The summed E-state index contributed by atoms with van der Waals surface area (Å²) >= 11 is 0. The van der Waals surface area contributed by atoms with Gasteiger partial charge >= 0.3 is 0 Å². The number of carbonyl (C=O) groups excluding carboxylic acids is 1. The van der Waals surface area contributed by atoms with Crippen molar-refractivity contribution < 1.29 is 14.3 Å². The van der Waals surface area contributed by atoms with Gasteiger partial charge in [0.2, 0.25) is 5.91 Å². The van der Waals surface area contributed by atoms with Gasteiger partial charge in [-0.3, -0.25) is 4.79 Å². The molecule has 4 rings (SSSR count). The standard InChI is InChI=1S/C22H32N2O3/c1-3-26-19-11-16-8-10-24(14-17(16)12-20(19)27-4-2)21(25)22-9-6-5-7-18(22)13-23-15-22/h11-12,18,23H,3-10,13-15H2,1-2H3/t18-,22+/m0/s1. The SMILES string of the molecule is CCOc1cc2c(cc1OCC)CN(C(=O)[C@@]13CCCC[C@H]1CNC3)CC2. The molecule has 1 N–H and O–H groups in total. The van der Waals surface area contributed by atoms with Crippen molar-refractivity contribution in [3.05, 3.63) is 23.3 Å². The molecule has 5 nitrogen and oxygen atoms in total. The fraction of sp³-hybridized carbons (Fsp3) is 0.682. The van der Waals surface area contributed by atoms with E-state index in [2.05, 4.69) is 22.3 Å². The maximum Gasteiger partial charge on any atom is 0.230 e. The maximum atomic E-state index is 13.6. The van der Waals surface area contributed by atoms with Crippen LogP contribution < -0.4 is 14.8 Å². The summed E-state index contributed by atoms with van der Waals surface area (Å²) in [6.45, 7) is 8.56. The molecule has 0 bridgehead atoms. The van der Waals surface area contributed by atoms with E-state index in [-0.39, 0.29) is 5.41 Å². The lowest BCUT2D eigenvalue weighted by Gasteiger charge is -2.42. The van der Waals surface area contributed by atoms with E-state index in [0.29, 0.717) is 31.6 Å². The van der Waals surface area contributed by atoms with Crippen LogP contribution in [0.25, 0.3) is 0 Å². The molecule has 1 aliphatic carbocycles. The van der Waals surface area contributed by atoms with Crippen molar-refractivity contribution in [2.24, 2.45) is 11.3 Å². The van der Waals surface area contributed by atoms with Crippen LogP contribution in [0.1, 0.15) is 50.7 Å². The molecule has 1 aromatic rings. The largest absolute Gasteiger partial charge is 0.490 e. The Bertz CT molecular complexity index is 705. The van der Waals surface area contributed by atoms with Gasteiger partial charge in [0.05, 0.1) is 18.6 Å². The van der Waals surface area contributed by atoms with Gasteiger partial charge in [-0.2, -0.15) is 0 Å². The fourth-order valence-corrected chi connectivity index (χ4v) is 5.26. The second-order valence-electron chi connectivity index (χ2n) is 8.14. The zero-order valence-corrected chi connectivity index (χ0v) is 16.7. The second-order valence-corrected chi connectivity index (χ2v) is 8.14. The fourth-order valence-electron chi connectivity index (χ4n) is 5.26. The molecule has 3 aliphatic rings. The molecular weight excluding hydrogens is 340 g/mol. The van der Waals surface area contributed by atoms with Crippen molar-refractivity contribution in [2.75, 3.05) is 32.8 Å². The van der Waals surface area contributed by atoms with Crippen LogP contribution in [-0.2, 0) is 17.8 Å². The van der Waals surface area contributed by atoms with Gasteiger partial charge in [0.25, 0.3) is 0 Å². The molecule has 2 heterocycles. The third kappa shape index (κ3) is 3.31. The molecule has 0 aromatic heterocycles. The number of ether oxygens (including phenoxy) is 2. The Balaban J connectivity index is 1.57. The van der Waals surface area contributed by atoms with Crippen LogP contribution in [0.2, 0.25) is 0 Å². The zero-order valence-electron chi connectivity index (χ0n) is 16.7. The smallest absolute Gasteiger partial charge is 0.230 e. The van der Waals surface area contributed by atoms with Gasteiger partial charge in [-0.1, -0.05) is 12.8 Å². The van der Waals surface area contributed by atoms with E-state index in [9.17, 15) is 4.79 Å². The molecule has 0 radical (unpaired) electrons.